The Balaban J connectivity index is 2.66. The third kappa shape index (κ3) is 5.02. The summed E-state index contributed by atoms with van der Waals surface area (Å²) >= 11 is 0. The molecule has 1 aromatic rings. The van der Waals surface area contributed by atoms with Crippen LogP contribution in [0.25, 0.3) is 0 Å². The molecule has 118 valence electrons. The molecule has 3 N–H and O–H groups in total. The van der Waals surface area contributed by atoms with Crippen LogP contribution in [-0.4, -0.2) is 27.5 Å². The third-order valence-corrected chi connectivity index (χ3v) is 4.59. The van der Waals surface area contributed by atoms with E-state index in [4.69, 9.17) is 10.5 Å². The van der Waals surface area contributed by atoms with Crippen molar-refractivity contribution in [3.05, 3.63) is 23.3 Å². The van der Waals surface area contributed by atoms with Gasteiger partial charge < -0.3 is 10.5 Å². The summed E-state index contributed by atoms with van der Waals surface area (Å²) in [7, 11) is -3.67. The molecule has 0 spiro atoms. The fourth-order valence-corrected chi connectivity index (χ4v) is 3.06. The highest BCUT2D eigenvalue weighted by Gasteiger charge is 2.18. The van der Waals surface area contributed by atoms with E-state index in [2.05, 4.69) is 4.72 Å². The van der Waals surface area contributed by atoms with Crippen molar-refractivity contribution < 1.29 is 17.9 Å². The molecule has 1 rings (SSSR count). The lowest BCUT2D eigenvalue weighted by molar-refractivity contribution is -0.143. The summed E-state index contributed by atoms with van der Waals surface area (Å²) in [4.78, 5) is 11.2. The van der Waals surface area contributed by atoms with E-state index < -0.39 is 10.0 Å². The van der Waals surface area contributed by atoms with Crippen LogP contribution in [0.5, 0.6) is 0 Å². The molecule has 21 heavy (non-hydrogen) atoms. The zero-order valence-electron chi connectivity index (χ0n) is 12.6. The Morgan fingerprint density at radius 3 is 2.52 bits per heavy atom. The van der Waals surface area contributed by atoms with Gasteiger partial charge in [-0.3, -0.25) is 4.79 Å². The number of benzene rings is 1. The summed E-state index contributed by atoms with van der Waals surface area (Å²) in [5.41, 5.74) is 7.79. The first-order chi connectivity index (χ1) is 9.77. The number of rotatable bonds is 7. The predicted molar refractivity (Wildman–Crippen MR) is 81.4 cm³/mol. The Morgan fingerprint density at radius 2 is 1.90 bits per heavy atom. The molecule has 0 aliphatic carbocycles. The summed E-state index contributed by atoms with van der Waals surface area (Å²) in [6.45, 7) is 5.91. The van der Waals surface area contributed by atoms with Crippen LogP contribution >= 0.6 is 0 Å². The maximum Gasteiger partial charge on any atom is 0.305 e. The molecule has 0 aliphatic heterocycles. The second kappa shape index (κ2) is 7.42. The van der Waals surface area contributed by atoms with E-state index in [0.29, 0.717) is 13.0 Å². The quantitative estimate of drug-likeness (QED) is 0.451. The first-order valence-electron chi connectivity index (χ1n) is 6.80. The highest BCUT2D eigenvalue weighted by molar-refractivity contribution is 7.89. The number of ether oxygens (including phenoxy) is 1. The Morgan fingerprint density at radius 1 is 1.29 bits per heavy atom. The van der Waals surface area contributed by atoms with Crippen molar-refractivity contribution in [1.82, 2.24) is 4.72 Å². The van der Waals surface area contributed by atoms with E-state index >= 15 is 0 Å². The first kappa shape index (κ1) is 17.5. The minimum Gasteiger partial charge on any atom is -0.466 e. The first-order valence-corrected chi connectivity index (χ1v) is 8.28. The summed E-state index contributed by atoms with van der Waals surface area (Å²) in [5, 5.41) is 0. The highest BCUT2D eigenvalue weighted by atomic mass is 32.2. The number of nitrogens with two attached hydrogens (primary N) is 1. The lowest BCUT2D eigenvalue weighted by Gasteiger charge is -2.11. The lowest BCUT2D eigenvalue weighted by Crippen LogP contribution is -2.26. The van der Waals surface area contributed by atoms with Crippen molar-refractivity contribution in [2.75, 3.05) is 18.9 Å². The number of carbonyl (C=O) groups is 1. The van der Waals surface area contributed by atoms with Crippen LogP contribution < -0.4 is 10.5 Å². The van der Waals surface area contributed by atoms with Gasteiger partial charge in [-0.25, -0.2) is 13.1 Å². The highest BCUT2D eigenvalue weighted by Crippen LogP contribution is 2.22. The molecule has 0 heterocycles. The van der Waals surface area contributed by atoms with Gasteiger partial charge in [0.2, 0.25) is 10.0 Å². The Bertz CT molecular complexity index is 612. The molecule has 6 nitrogen and oxygen atoms in total. The van der Waals surface area contributed by atoms with Gasteiger partial charge in [0, 0.05) is 13.0 Å². The Kier molecular flexibility index (Phi) is 6.17. The fourth-order valence-electron chi connectivity index (χ4n) is 1.79. The zero-order chi connectivity index (χ0) is 16.0. The van der Waals surface area contributed by atoms with Crippen LogP contribution in [0, 0.1) is 13.8 Å². The normalized spacial score (nSPS) is 11.4. The van der Waals surface area contributed by atoms with Crippen LogP contribution in [-0.2, 0) is 19.6 Å². The van der Waals surface area contributed by atoms with Gasteiger partial charge in [-0.1, -0.05) is 0 Å². The molecule has 7 heteroatoms. The average molecular weight is 314 g/mol. The standard InChI is InChI=1S/C14H22N2O4S/c1-4-20-14(17)6-5-7-16-21(18,19)13-9-11(3)10(2)8-12(13)15/h8-9,16H,4-7,15H2,1-3H3. The van der Waals surface area contributed by atoms with Crippen molar-refractivity contribution in [1.29, 1.82) is 0 Å². The predicted octanol–water partition coefficient (Wildman–Crippen LogP) is 1.51. The molecule has 0 aliphatic rings. The van der Waals surface area contributed by atoms with E-state index in [1.807, 2.05) is 13.8 Å². The minimum absolute atomic E-state index is 0.0711. The Hall–Kier alpha value is -1.60. The van der Waals surface area contributed by atoms with E-state index in [-0.39, 0.29) is 29.5 Å². The number of aryl methyl sites for hydroxylation is 2. The van der Waals surface area contributed by atoms with Crippen molar-refractivity contribution in [3.8, 4) is 0 Å². The minimum atomic E-state index is -3.67. The van der Waals surface area contributed by atoms with Gasteiger partial charge in [-0.15, -0.1) is 0 Å². The summed E-state index contributed by atoms with van der Waals surface area (Å²) in [6, 6.07) is 3.20. The fraction of sp³-hybridized carbons (Fsp3) is 0.500. The van der Waals surface area contributed by atoms with Gasteiger partial charge in [-0.2, -0.15) is 0 Å². The topological polar surface area (TPSA) is 98.5 Å². The molecule has 0 fully saturated rings. The van der Waals surface area contributed by atoms with Crippen molar-refractivity contribution >= 4 is 21.7 Å². The number of nitrogens with one attached hydrogen (secondary N) is 1. The van der Waals surface area contributed by atoms with Crippen LogP contribution in [0.2, 0.25) is 0 Å². The van der Waals surface area contributed by atoms with Crippen molar-refractivity contribution in [2.45, 2.75) is 38.5 Å². The monoisotopic (exact) mass is 314 g/mol. The SMILES string of the molecule is CCOC(=O)CCCNS(=O)(=O)c1cc(C)c(C)cc1N. The number of anilines is 1. The summed E-state index contributed by atoms with van der Waals surface area (Å²) in [6.07, 6.45) is 0.557. The smallest absolute Gasteiger partial charge is 0.305 e. The Labute approximate surface area is 125 Å². The molecule has 0 bridgehead atoms. The molecule has 0 radical (unpaired) electrons. The zero-order valence-corrected chi connectivity index (χ0v) is 13.4. The molecule has 0 unspecified atom stereocenters. The van der Waals surface area contributed by atoms with Gasteiger partial charge in [-0.05, 0) is 50.5 Å². The number of hydrogen-bond acceptors (Lipinski definition) is 5. The summed E-state index contributed by atoms with van der Waals surface area (Å²) in [5.74, 6) is -0.331. The van der Waals surface area contributed by atoms with Gasteiger partial charge in [0.1, 0.15) is 4.90 Å². The van der Waals surface area contributed by atoms with Crippen LogP contribution in [0.3, 0.4) is 0 Å². The van der Waals surface area contributed by atoms with Crippen molar-refractivity contribution in [2.24, 2.45) is 0 Å². The van der Waals surface area contributed by atoms with E-state index in [0.717, 1.165) is 11.1 Å². The van der Waals surface area contributed by atoms with Gasteiger partial charge in [0.05, 0.1) is 12.3 Å². The second-order valence-electron chi connectivity index (χ2n) is 4.78. The molecule has 0 saturated carbocycles. The second-order valence-corrected chi connectivity index (χ2v) is 6.52. The van der Waals surface area contributed by atoms with Crippen molar-refractivity contribution in [3.63, 3.8) is 0 Å². The molecular weight excluding hydrogens is 292 g/mol. The van der Waals surface area contributed by atoms with E-state index in [9.17, 15) is 13.2 Å². The van der Waals surface area contributed by atoms with Gasteiger partial charge in [0.25, 0.3) is 0 Å². The van der Waals surface area contributed by atoms with E-state index in [1.54, 1.807) is 19.1 Å². The third-order valence-electron chi connectivity index (χ3n) is 3.07. The molecule has 0 aromatic heterocycles. The lowest BCUT2D eigenvalue weighted by atomic mass is 10.1. The molecule has 0 amide bonds. The van der Waals surface area contributed by atoms with Gasteiger partial charge in [0.15, 0.2) is 0 Å². The number of sulfonamides is 1. The number of nitrogen functional groups attached to an aromatic ring is 1. The maximum absolute atomic E-state index is 12.2. The number of carbonyl (C=O) groups excluding carboxylic acids is 1. The molecule has 1 aromatic carbocycles. The van der Waals surface area contributed by atoms with Crippen LogP contribution in [0.15, 0.2) is 17.0 Å². The van der Waals surface area contributed by atoms with E-state index in [1.165, 1.54) is 0 Å². The van der Waals surface area contributed by atoms with Gasteiger partial charge >= 0.3 is 5.97 Å². The van der Waals surface area contributed by atoms with Crippen LogP contribution in [0.4, 0.5) is 5.69 Å². The molecule has 0 saturated heterocycles. The van der Waals surface area contributed by atoms with Crippen LogP contribution in [0.1, 0.15) is 30.9 Å². The number of hydrogen-bond donors (Lipinski definition) is 2. The molecular formula is C14H22N2O4S. The molecule has 0 atom stereocenters. The summed E-state index contributed by atoms with van der Waals surface area (Å²) < 4.78 is 31.6. The average Bonchev–Trinajstić information content (AvgIpc) is 2.39. The number of esters is 1. The largest absolute Gasteiger partial charge is 0.466 e. The maximum atomic E-state index is 12.2.